The molecule has 3 nitrogen and oxygen atoms in total. The van der Waals surface area contributed by atoms with Gasteiger partial charge in [0.05, 0.1) is 6.04 Å². The van der Waals surface area contributed by atoms with Crippen LogP contribution in [0.25, 0.3) is 0 Å². The minimum atomic E-state index is -4.47. The molecule has 0 spiro atoms. The first-order valence-corrected chi connectivity index (χ1v) is 7.48. The molecule has 0 radical (unpaired) electrons. The number of hydrogen-bond acceptors (Lipinski definition) is 2. The molecule has 23 heavy (non-hydrogen) atoms. The predicted octanol–water partition coefficient (Wildman–Crippen LogP) is 4.10. The number of aromatic nitrogens is 2. The first-order valence-electron chi connectivity index (χ1n) is 7.48. The summed E-state index contributed by atoms with van der Waals surface area (Å²) in [5.74, 6) is 0.345. The molecule has 1 heterocycles. The van der Waals surface area contributed by atoms with E-state index in [9.17, 15) is 13.2 Å². The summed E-state index contributed by atoms with van der Waals surface area (Å²) in [7, 11) is 0. The van der Waals surface area contributed by atoms with Crippen LogP contribution in [0, 0.1) is 6.92 Å². The smallest absolute Gasteiger partial charge is 0.327 e. The Balaban J connectivity index is 2.46. The lowest BCUT2D eigenvalue weighted by atomic mass is 10.0. The van der Waals surface area contributed by atoms with Gasteiger partial charge in [0.2, 0.25) is 0 Å². The molecule has 2 N–H and O–H groups in total. The van der Waals surface area contributed by atoms with Gasteiger partial charge in [-0.1, -0.05) is 29.8 Å². The van der Waals surface area contributed by atoms with E-state index < -0.39 is 17.4 Å². The highest BCUT2D eigenvalue weighted by molar-refractivity contribution is 5.26. The zero-order valence-electron chi connectivity index (χ0n) is 13.8. The van der Waals surface area contributed by atoms with Gasteiger partial charge < -0.3 is 10.3 Å². The van der Waals surface area contributed by atoms with Crippen LogP contribution in [-0.4, -0.2) is 15.1 Å². The molecule has 126 valence electrons. The summed E-state index contributed by atoms with van der Waals surface area (Å²) in [5, 5.41) is 0. The molecule has 0 saturated carbocycles. The molecular formula is C17H22F3N3. The molecule has 0 aliphatic rings. The van der Waals surface area contributed by atoms with Crippen molar-refractivity contribution in [1.29, 1.82) is 0 Å². The molecular weight excluding hydrogens is 303 g/mol. The normalized spacial score (nSPS) is 14.1. The maximum Gasteiger partial charge on any atom is 0.434 e. The Morgan fingerprint density at radius 3 is 2.22 bits per heavy atom. The second kappa shape index (κ2) is 6.00. The number of aryl methyl sites for hydroxylation is 1. The van der Waals surface area contributed by atoms with E-state index in [1.54, 1.807) is 18.4 Å². The van der Waals surface area contributed by atoms with E-state index in [2.05, 4.69) is 4.98 Å². The molecule has 6 heteroatoms. The number of nitrogens with zero attached hydrogens (tertiary/aromatic N) is 2. The second-order valence-corrected chi connectivity index (χ2v) is 6.70. The van der Waals surface area contributed by atoms with Crippen LogP contribution in [0.15, 0.2) is 30.5 Å². The van der Waals surface area contributed by atoms with Gasteiger partial charge in [0.1, 0.15) is 5.82 Å². The number of alkyl halides is 3. The maximum atomic E-state index is 13.0. The molecule has 0 bridgehead atoms. The number of rotatable bonds is 4. The first-order chi connectivity index (χ1) is 10.5. The van der Waals surface area contributed by atoms with Gasteiger partial charge in [-0.05, 0) is 33.3 Å². The summed E-state index contributed by atoms with van der Waals surface area (Å²) in [5.41, 5.74) is 6.49. The summed E-state index contributed by atoms with van der Waals surface area (Å²) in [6.07, 6.45) is -3.13. The Bertz CT molecular complexity index is 664. The Hall–Kier alpha value is -1.82. The fraction of sp³-hybridized carbons (Fsp3) is 0.471. The van der Waals surface area contributed by atoms with Crippen LogP contribution in [0.4, 0.5) is 13.2 Å². The van der Waals surface area contributed by atoms with Crippen molar-refractivity contribution in [2.45, 2.75) is 51.9 Å². The number of hydrogen-bond donors (Lipinski definition) is 1. The van der Waals surface area contributed by atoms with Gasteiger partial charge in [0.25, 0.3) is 0 Å². The minimum absolute atomic E-state index is 0.253. The zero-order valence-corrected chi connectivity index (χ0v) is 13.8. The van der Waals surface area contributed by atoms with E-state index >= 15 is 0 Å². The third-order valence-electron chi connectivity index (χ3n) is 3.69. The fourth-order valence-corrected chi connectivity index (χ4v) is 2.45. The Morgan fingerprint density at radius 2 is 1.74 bits per heavy atom. The molecule has 1 unspecified atom stereocenters. The van der Waals surface area contributed by atoms with Crippen molar-refractivity contribution in [3.63, 3.8) is 0 Å². The van der Waals surface area contributed by atoms with E-state index in [1.165, 1.54) is 0 Å². The molecule has 1 aromatic carbocycles. The second-order valence-electron chi connectivity index (χ2n) is 6.70. The quantitative estimate of drug-likeness (QED) is 0.920. The molecule has 1 atom stereocenters. The van der Waals surface area contributed by atoms with Crippen molar-refractivity contribution < 1.29 is 13.2 Å². The van der Waals surface area contributed by atoms with Gasteiger partial charge in [-0.15, -0.1) is 0 Å². The molecule has 2 aromatic rings. The van der Waals surface area contributed by atoms with Gasteiger partial charge in [-0.25, -0.2) is 4.98 Å². The third kappa shape index (κ3) is 4.34. The fourth-order valence-electron chi connectivity index (χ4n) is 2.45. The van der Waals surface area contributed by atoms with Crippen molar-refractivity contribution in [3.05, 3.63) is 53.1 Å². The average molecular weight is 325 g/mol. The van der Waals surface area contributed by atoms with Gasteiger partial charge in [0.15, 0.2) is 5.69 Å². The third-order valence-corrected chi connectivity index (χ3v) is 3.69. The molecule has 1 aromatic heterocycles. The number of halogens is 3. The molecule has 0 amide bonds. The highest BCUT2D eigenvalue weighted by Crippen LogP contribution is 2.31. The highest BCUT2D eigenvalue weighted by Gasteiger charge is 2.36. The summed E-state index contributed by atoms with van der Waals surface area (Å²) >= 11 is 0. The first kappa shape index (κ1) is 17.5. The standard InChI is InChI=1S/C17H22F3N3/c1-11-5-7-13(8-6-11)12(2)23-10-14(17(18,19)20)22-15(23)9-16(3,4)21/h5-8,10,12H,9,21H2,1-4H3. The van der Waals surface area contributed by atoms with Crippen molar-refractivity contribution in [2.24, 2.45) is 5.73 Å². The van der Waals surface area contributed by atoms with Crippen LogP contribution in [-0.2, 0) is 12.6 Å². The summed E-state index contributed by atoms with van der Waals surface area (Å²) < 4.78 is 40.6. The highest BCUT2D eigenvalue weighted by atomic mass is 19.4. The van der Waals surface area contributed by atoms with Crippen LogP contribution < -0.4 is 5.73 Å². The van der Waals surface area contributed by atoms with Gasteiger partial charge >= 0.3 is 6.18 Å². The zero-order chi connectivity index (χ0) is 17.4. The number of imidazole rings is 1. The SMILES string of the molecule is Cc1ccc(C(C)n2cc(C(F)(F)F)nc2CC(C)(C)N)cc1. The van der Waals surface area contributed by atoms with E-state index in [1.807, 2.05) is 38.1 Å². The van der Waals surface area contributed by atoms with E-state index in [4.69, 9.17) is 5.73 Å². The average Bonchev–Trinajstić information content (AvgIpc) is 2.80. The van der Waals surface area contributed by atoms with Crippen molar-refractivity contribution in [2.75, 3.05) is 0 Å². The largest absolute Gasteiger partial charge is 0.434 e. The van der Waals surface area contributed by atoms with Gasteiger partial charge in [-0.2, -0.15) is 13.2 Å². The van der Waals surface area contributed by atoms with Gasteiger partial charge in [0, 0.05) is 18.2 Å². The minimum Gasteiger partial charge on any atom is -0.327 e. The Kier molecular flexibility index (Phi) is 4.57. The molecule has 2 rings (SSSR count). The topological polar surface area (TPSA) is 43.8 Å². The van der Waals surface area contributed by atoms with Crippen molar-refractivity contribution in [1.82, 2.24) is 9.55 Å². The van der Waals surface area contributed by atoms with Crippen molar-refractivity contribution >= 4 is 0 Å². The predicted molar refractivity (Wildman–Crippen MR) is 84.2 cm³/mol. The number of benzene rings is 1. The Morgan fingerprint density at radius 1 is 1.17 bits per heavy atom. The van der Waals surface area contributed by atoms with E-state index in [0.29, 0.717) is 5.82 Å². The summed E-state index contributed by atoms with van der Waals surface area (Å²) in [6.45, 7) is 7.38. The summed E-state index contributed by atoms with van der Waals surface area (Å²) in [4.78, 5) is 3.79. The van der Waals surface area contributed by atoms with Crippen LogP contribution in [0.5, 0.6) is 0 Å². The molecule has 0 aliphatic heterocycles. The van der Waals surface area contributed by atoms with Crippen LogP contribution >= 0.6 is 0 Å². The molecule has 0 fully saturated rings. The number of nitrogens with two attached hydrogens (primary N) is 1. The van der Waals surface area contributed by atoms with Gasteiger partial charge in [-0.3, -0.25) is 0 Å². The molecule has 0 saturated heterocycles. The molecule has 0 aliphatic carbocycles. The lowest BCUT2D eigenvalue weighted by Gasteiger charge is -2.22. The summed E-state index contributed by atoms with van der Waals surface area (Å²) in [6, 6.07) is 7.48. The van der Waals surface area contributed by atoms with E-state index in [-0.39, 0.29) is 12.5 Å². The lowest BCUT2D eigenvalue weighted by molar-refractivity contribution is -0.141. The van der Waals surface area contributed by atoms with Crippen molar-refractivity contribution in [3.8, 4) is 0 Å². The Labute approximate surface area is 134 Å². The maximum absolute atomic E-state index is 13.0. The van der Waals surface area contributed by atoms with Crippen LogP contribution in [0.3, 0.4) is 0 Å². The lowest BCUT2D eigenvalue weighted by Crippen LogP contribution is -2.35. The van der Waals surface area contributed by atoms with Crippen LogP contribution in [0.2, 0.25) is 0 Å². The van der Waals surface area contributed by atoms with Crippen LogP contribution in [0.1, 0.15) is 49.5 Å². The monoisotopic (exact) mass is 325 g/mol. The van der Waals surface area contributed by atoms with E-state index in [0.717, 1.165) is 17.3 Å².